The molecule has 2 aromatic rings. The minimum Gasteiger partial charge on any atom is -0.465 e. The van der Waals surface area contributed by atoms with E-state index < -0.39 is 0 Å². The summed E-state index contributed by atoms with van der Waals surface area (Å²) < 4.78 is 5.45. The van der Waals surface area contributed by atoms with Crippen molar-refractivity contribution in [2.24, 2.45) is 11.8 Å². The van der Waals surface area contributed by atoms with Crippen molar-refractivity contribution in [2.45, 2.75) is 45.7 Å². The highest BCUT2D eigenvalue weighted by atomic mass is 16.5. The number of ketones is 1. The number of hydrogen-bond acceptors (Lipinski definition) is 4. The molecule has 1 saturated carbocycles. The van der Waals surface area contributed by atoms with Crippen LogP contribution in [0, 0.1) is 11.8 Å². The first-order valence-electron chi connectivity index (χ1n) is 10.2. The number of Topliss-reactive ketones (excluding diaryl/α,β-unsaturated/α-hetero) is 1. The summed E-state index contributed by atoms with van der Waals surface area (Å²) in [5.74, 6) is -0.108. The van der Waals surface area contributed by atoms with Gasteiger partial charge in [0.1, 0.15) is 5.78 Å². The molecule has 3 rings (SSSR count). The molecule has 1 fully saturated rings. The van der Waals surface area contributed by atoms with E-state index in [-0.39, 0.29) is 23.6 Å². The summed E-state index contributed by atoms with van der Waals surface area (Å²) in [5.41, 5.74) is 3.65. The molecule has 2 atom stereocenters. The molecule has 1 aliphatic rings. The summed E-state index contributed by atoms with van der Waals surface area (Å²) in [7, 11) is 0. The summed E-state index contributed by atoms with van der Waals surface area (Å²) >= 11 is 0. The van der Waals surface area contributed by atoms with Gasteiger partial charge in [0.25, 0.3) is 0 Å². The van der Waals surface area contributed by atoms with Gasteiger partial charge in [0.05, 0.1) is 12.5 Å². The molecule has 4 nitrogen and oxygen atoms in total. The normalized spacial score (nSPS) is 19.0. The summed E-state index contributed by atoms with van der Waals surface area (Å²) in [6, 6.07) is 18.7. The van der Waals surface area contributed by atoms with Gasteiger partial charge in [-0.15, -0.1) is 0 Å². The molecule has 2 aromatic carbocycles. The first-order chi connectivity index (χ1) is 13.7. The molecule has 0 aliphatic heterocycles. The molecule has 0 spiro atoms. The molecule has 28 heavy (non-hydrogen) atoms. The van der Waals surface area contributed by atoms with Gasteiger partial charge in [-0.05, 0) is 22.6 Å². The van der Waals surface area contributed by atoms with Crippen molar-refractivity contribution in [1.29, 1.82) is 0 Å². The second kappa shape index (κ2) is 10.2. The van der Waals surface area contributed by atoms with Crippen LogP contribution >= 0.6 is 0 Å². The fourth-order valence-corrected chi connectivity index (χ4v) is 3.78. The van der Waals surface area contributed by atoms with E-state index in [0.29, 0.717) is 25.9 Å². The Labute approximate surface area is 167 Å². The second-order valence-corrected chi connectivity index (χ2v) is 7.54. The predicted molar refractivity (Wildman–Crippen MR) is 110 cm³/mol. The SMILES string of the molecule is CCC1CC(=O)CC1C(=O)OCCc1ccc(CNCc2ccccc2)cc1. The molecule has 0 bridgehead atoms. The lowest BCUT2D eigenvalue weighted by Crippen LogP contribution is -2.22. The van der Waals surface area contributed by atoms with Crippen LogP contribution in [0.2, 0.25) is 0 Å². The Kier molecular flexibility index (Phi) is 7.38. The van der Waals surface area contributed by atoms with Crippen molar-refractivity contribution in [1.82, 2.24) is 5.32 Å². The van der Waals surface area contributed by atoms with E-state index >= 15 is 0 Å². The maximum absolute atomic E-state index is 12.3. The zero-order valence-corrected chi connectivity index (χ0v) is 16.5. The van der Waals surface area contributed by atoms with Gasteiger partial charge in [-0.1, -0.05) is 67.9 Å². The zero-order chi connectivity index (χ0) is 19.8. The lowest BCUT2D eigenvalue weighted by Gasteiger charge is -2.15. The van der Waals surface area contributed by atoms with Gasteiger partial charge >= 0.3 is 5.97 Å². The Morgan fingerprint density at radius 3 is 2.29 bits per heavy atom. The minimum absolute atomic E-state index is 0.155. The van der Waals surface area contributed by atoms with Gasteiger partial charge in [-0.2, -0.15) is 0 Å². The molecule has 4 heteroatoms. The third-order valence-electron chi connectivity index (χ3n) is 5.49. The average molecular weight is 380 g/mol. The first-order valence-corrected chi connectivity index (χ1v) is 10.2. The summed E-state index contributed by atoms with van der Waals surface area (Å²) in [4.78, 5) is 23.9. The number of hydrogen-bond donors (Lipinski definition) is 1. The highest BCUT2D eigenvalue weighted by Gasteiger charge is 2.37. The van der Waals surface area contributed by atoms with Crippen LogP contribution in [0.3, 0.4) is 0 Å². The Hall–Kier alpha value is -2.46. The van der Waals surface area contributed by atoms with E-state index in [0.717, 1.165) is 25.1 Å². The number of esters is 1. The maximum atomic E-state index is 12.3. The van der Waals surface area contributed by atoms with Gasteiger partial charge in [0, 0.05) is 32.4 Å². The lowest BCUT2D eigenvalue weighted by molar-refractivity contribution is -0.150. The van der Waals surface area contributed by atoms with Gasteiger partial charge in [0.15, 0.2) is 0 Å². The third-order valence-corrected chi connectivity index (χ3v) is 5.49. The van der Waals surface area contributed by atoms with E-state index in [1.165, 1.54) is 11.1 Å². The van der Waals surface area contributed by atoms with E-state index in [9.17, 15) is 9.59 Å². The van der Waals surface area contributed by atoms with Crippen LogP contribution < -0.4 is 5.32 Å². The van der Waals surface area contributed by atoms with E-state index in [2.05, 4.69) is 41.7 Å². The molecule has 0 aromatic heterocycles. The molecule has 0 radical (unpaired) electrons. The van der Waals surface area contributed by atoms with E-state index in [1.807, 2.05) is 25.1 Å². The highest BCUT2D eigenvalue weighted by Crippen LogP contribution is 2.32. The Balaban J connectivity index is 1.38. The van der Waals surface area contributed by atoms with Crippen LogP contribution in [-0.2, 0) is 33.8 Å². The zero-order valence-electron chi connectivity index (χ0n) is 16.5. The van der Waals surface area contributed by atoms with Crippen LogP contribution in [0.1, 0.15) is 42.9 Å². The van der Waals surface area contributed by atoms with Gasteiger partial charge in [0.2, 0.25) is 0 Å². The molecular weight excluding hydrogens is 350 g/mol. The summed E-state index contributed by atoms with van der Waals surface area (Å²) in [6.07, 6.45) is 2.42. The van der Waals surface area contributed by atoms with E-state index in [4.69, 9.17) is 4.74 Å². The average Bonchev–Trinajstić information content (AvgIpc) is 3.11. The number of ether oxygens (including phenoxy) is 1. The number of nitrogens with one attached hydrogen (secondary N) is 1. The number of carbonyl (C=O) groups excluding carboxylic acids is 2. The van der Waals surface area contributed by atoms with Crippen LogP contribution in [0.5, 0.6) is 0 Å². The number of benzene rings is 2. The maximum Gasteiger partial charge on any atom is 0.309 e. The molecule has 148 valence electrons. The molecular formula is C24H29NO3. The van der Waals surface area contributed by atoms with Crippen molar-refractivity contribution < 1.29 is 14.3 Å². The Morgan fingerprint density at radius 2 is 1.61 bits per heavy atom. The lowest BCUT2D eigenvalue weighted by atomic mass is 9.94. The number of rotatable bonds is 9. The monoisotopic (exact) mass is 379 g/mol. The highest BCUT2D eigenvalue weighted by molar-refractivity contribution is 5.88. The third kappa shape index (κ3) is 5.77. The van der Waals surface area contributed by atoms with Gasteiger partial charge in [-0.3, -0.25) is 9.59 Å². The van der Waals surface area contributed by atoms with Crippen LogP contribution in [0.15, 0.2) is 54.6 Å². The first kappa shape index (κ1) is 20.3. The van der Waals surface area contributed by atoms with Gasteiger partial charge in [-0.25, -0.2) is 0 Å². The molecule has 0 heterocycles. The second-order valence-electron chi connectivity index (χ2n) is 7.54. The van der Waals surface area contributed by atoms with Crippen molar-refractivity contribution in [2.75, 3.05) is 6.61 Å². The molecule has 1 aliphatic carbocycles. The van der Waals surface area contributed by atoms with Crippen molar-refractivity contribution in [3.63, 3.8) is 0 Å². The Morgan fingerprint density at radius 1 is 0.964 bits per heavy atom. The Bertz CT molecular complexity index is 770. The summed E-state index contributed by atoms with van der Waals surface area (Å²) in [5, 5.41) is 3.44. The molecule has 0 saturated heterocycles. The number of carbonyl (C=O) groups is 2. The van der Waals surface area contributed by atoms with Gasteiger partial charge < -0.3 is 10.1 Å². The smallest absolute Gasteiger partial charge is 0.309 e. The van der Waals surface area contributed by atoms with Crippen molar-refractivity contribution >= 4 is 11.8 Å². The molecule has 1 N–H and O–H groups in total. The standard InChI is InChI=1S/C24H29NO3/c1-2-21-14-22(26)15-23(21)24(27)28-13-12-18-8-10-20(11-9-18)17-25-16-19-6-4-3-5-7-19/h3-11,21,23,25H,2,12-17H2,1H3. The fourth-order valence-electron chi connectivity index (χ4n) is 3.78. The summed E-state index contributed by atoms with van der Waals surface area (Å²) in [6.45, 7) is 4.06. The quantitative estimate of drug-likeness (QED) is 0.668. The topological polar surface area (TPSA) is 55.4 Å². The molecule has 0 amide bonds. The predicted octanol–water partition coefficient (Wildman–Crippen LogP) is 4.07. The minimum atomic E-state index is -0.240. The fraction of sp³-hybridized carbons (Fsp3) is 0.417. The van der Waals surface area contributed by atoms with Crippen LogP contribution in [-0.4, -0.2) is 18.4 Å². The molecule has 2 unspecified atom stereocenters. The van der Waals surface area contributed by atoms with Crippen LogP contribution in [0.4, 0.5) is 0 Å². The van der Waals surface area contributed by atoms with Crippen LogP contribution in [0.25, 0.3) is 0 Å². The van der Waals surface area contributed by atoms with E-state index in [1.54, 1.807) is 0 Å². The largest absolute Gasteiger partial charge is 0.465 e. The van der Waals surface area contributed by atoms with Crippen molar-refractivity contribution in [3.8, 4) is 0 Å². The van der Waals surface area contributed by atoms with Crippen molar-refractivity contribution in [3.05, 3.63) is 71.3 Å².